The highest BCUT2D eigenvalue weighted by molar-refractivity contribution is 5.85. The number of carbonyl (C=O) groups excluding carboxylic acids is 1. The molecule has 3 nitrogen and oxygen atoms in total. The van der Waals surface area contributed by atoms with E-state index in [4.69, 9.17) is 4.74 Å². The molecular formula is C11H22ClNO2. The summed E-state index contributed by atoms with van der Waals surface area (Å²) in [6, 6.07) is 0. The summed E-state index contributed by atoms with van der Waals surface area (Å²) in [6.07, 6.45) is 1.07. The highest BCUT2D eigenvalue weighted by atomic mass is 35.5. The number of esters is 1. The number of hydrogen-bond acceptors (Lipinski definition) is 3. The van der Waals surface area contributed by atoms with Crippen LogP contribution in [0.15, 0.2) is 12.7 Å². The Labute approximate surface area is 98.7 Å². The smallest absolute Gasteiger partial charge is 0.330 e. The minimum atomic E-state index is -0.365. The van der Waals surface area contributed by atoms with Crippen LogP contribution in [0.3, 0.4) is 0 Å². The molecule has 0 bridgehead atoms. The van der Waals surface area contributed by atoms with Crippen LogP contribution >= 0.6 is 12.4 Å². The number of nitrogens with one attached hydrogen (secondary N) is 1. The summed E-state index contributed by atoms with van der Waals surface area (Å²) in [5.41, 5.74) is -0.0547. The average Bonchev–Trinajstić information content (AvgIpc) is 2.16. The number of halogens is 1. The van der Waals surface area contributed by atoms with Crippen molar-refractivity contribution in [2.75, 3.05) is 7.05 Å². The minimum absolute atomic E-state index is 0. The third kappa shape index (κ3) is 5.19. The largest absolute Gasteiger partial charge is 0.459 e. The molecule has 2 unspecified atom stereocenters. The fourth-order valence-corrected chi connectivity index (χ4v) is 1.15. The van der Waals surface area contributed by atoms with Crippen LogP contribution in [-0.2, 0) is 9.53 Å². The predicted octanol–water partition coefficient (Wildman–Crippen LogP) is 2.16. The SMILES string of the molecule is C=CC(=O)OC(C)C(C)C(C)(C)NC.Cl. The molecule has 0 heterocycles. The zero-order chi connectivity index (χ0) is 11.4. The minimum Gasteiger partial charge on any atom is -0.459 e. The Hall–Kier alpha value is -0.540. The predicted molar refractivity (Wildman–Crippen MR) is 65.3 cm³/mol. The van der Waals surface area contributed by atoms with Crippen LogP contribution in [0.2, 0.25) is 0 Å². The molecule has 0 amide bonds. The lowest BCUT2D eigenvalue weighted by atomic mass is 9.85. The Kier molecular flexibility index (Phi) is 7.71. The van der Waals surface area contributed by atoms with Crippen LogP contribution in [0.4, 0.5) is 0 Å². The second-order valence-electron chi connectivity index (χ2n) is 4.11. The molecule has 0 aromatic carbocycles. The van der Waals surface area contributed by atoms with Crippen molar-refractivity contribution in [1.29, 1.82) is 0 Å². The van der Waals surface area contributed by atoms with Crippen LogP contribution in [0.5, 0.6) is 0 Å². The first-order valence-corrected chi connectivity index (χ1v) is 4.87. The van der Waals surface area contributed by atoms with Crippen molar-refractivity contribution in [2.24, 2.45) is 5.92 Å². The molecule has 0 aromatic heterocycles. The highest BCUT2D eigenvalue weighted by Gasteiger charge is 2.30. The molecule has 0 aliphatic carbocycles. The van der Waals surface area contributed by atoms with Crippen molar-refractivity contribution in [3.05, 3.63) is 12.7 Å². The lowest BCUT2D eigenvalue weighted by Gasteiger charge is -2.35. The molecule has 0 aliphatic heterocycles. The normalized spacial score (nSPS) is 14.7. The van der Waals surface area contributed by atoms with Crippen LogP contribution in [0, 0.1) is 5.92 Å². The van der Waals surface area contributed by atoms with E-state index in [9.17, 15) is 4.79 Å². The Morgan fingerprint density at radius 3 is 2.27 bits per heavy atom. The lowest BCUT2D eigenvalue weighted by Crippen LogP contribution is -2.47. The molecule has 0 spiro atoms. The third-order valence-electron chi connectivity index (χ3n) is 2.96. The monoisotopic (exact) mass is 235 g/mol. The Morgan fingerprint density at radius 1 is 1.47 bits per heavy atom. The van der Waals surface area contributed by atoms with E-state index in [-0.39, 0.29) is 35.9 Å². The fourth-order valence-electron chi connectivity index (χ4n) is 1.15. The van der Waals surface area contributed by atoms with Crippen LogP contribution in [0.1, 0.15) is 27.7 Å². The summed E-state index contributed by atoms with van der Waals surface area (Å²) in [5, 5.41) is 3.20. The first-order valence-electron chi connectivity index (χ1n) is 4.87. The highest BCUT2D eigenvalue weighted by Crippen LogP contribution is 2.21. The van der Waals surface area contributed by atoms with Gasteiger partial charge in [0.15, 0.2) is 0 Å². The molecular weight excluding hydrogens is 214 g/mol. The second-order valence-corrected chi connectivity index (χ2v) is 4.11. The number of hydrogen-bond donors (Lipinski definition) is 1. The van der Waals surface area contributed by atoms with Crippen molar-refractivity contribution in [2.45, 2.75) is 39.3 Å². The van der Waals surface area contributed by atoms with Crippen molar-refractivity contribution >= 4 is 18.4 Å². The molecule has 0 saturated heterocycles. The van der Waals surface area contributed by atoms with Gasteiger partial charge in [0.25, 0.3) is 0 Å². The van der Waals surface area contributed by atoms with Crippen LogP contribution in [-0.4, -0.2) is 24.7 Å². The molecule has 0 fully saturated rings. The second kappa shape index (κ2) is 6.85. The molecule has 0 rings (SSSR count). The summed E-state index contributed by atoms with van der Waals surface area (Å²) in [4.78, 5) is 11.0. The molecule has 0 radical (unpaired) electrons. The van der Waals surface area contributed by atoms with Crippen molar-refractivity contribution in [3.63, 3.8) is 0 Å². The maximum Gasteiger partial charge on any atom is 0.330 e. The van der Waals surface area contributed by atoms with Crippen molar-refractivity contribution in [3.8, 4) is 0 Å². The van der Waals surface area contributed by atoms with Gasteiger partial charge >= 0.3 is 5.97 Å². The average molecular weight is 236 g/mol. The van der Waals surface area contributed by atoms with E-state index < -0.39 is 0 Å². The zero-order valence-corrected chi connectivity index (χ0v) is 11.0. The summed E-state index contributed by atoms with van der Waals surface area (Å²) >= 11 is 0. The summed E-state index contributed by atoms with van der Waals surface area (Å²) in [6.45, 7) is 11.5. The van der Waals surface area contributed by atoms with Gasteiger partial charge in [-0.15, -0.1) is 12.4 Å². The van der Waals surface area contributed by atoms with Gasteiger partial charge in [0.2, 0.25) is 0 Å². The van der Waals surface area contributed by atoms with E-state index in [1.807, 2.05) is 14.0 Å². The maximum absolute atomic E-state index is 11.0. The summed E-state index contributed by atoms with van der Waals surface area (Å²) in [7, 11) is 1.90. The maximum atomic E-state index is 11.0. The van der Waals surface area contributed by atoms with Gasteiger partial charge in [-0.2, -0.15) is 0 Å². The van der Waals surface area contributed by atoms with Gasteiger partial charge in [-0.25, -0.2) is 4.79 Å². The van der Waals surface area contributed by atoms with E-state index in [1.165, 1.54) is 6.08 Å². The molecule has 2 atom stereocenters. The molecule has 4 heteroatoms. The quantitative estimate of drug-likeness (QED) is 0.586. The molecule has 1 N–H and O–H groups in total. The van der Waals surface area contributed by atoms with Gasteiger partial charge in [-0.1, -0.05) is 13.5 Å². The molecule has 0 saturated carbocycles. The first-order chi connectivity index (χ1) is 6.35. The van der Waals surface area contributed by atoms with E-state index in [1.54, 1.807) is 0 Å². The lowest BCUT2D eigenvalue weighted by molar-refractivity contribution is -0.145. The molecule has 15 heavy (non-hydrogen) atoms. The van der Waals surface area contributed by atoms with Crippen molar-refractivity contribution < 1.29 is 9.53 Å². The van der Waals surface area contributed by atoms with Gasteiger partial charge in [0.05, 0.1) is 0 Å². The first kappa shape index (κ1) is 16.9. The van der Waals surface area contributed by atoms with Crippen LogP contribution in [0.25, 0.3) is 0 Å². The number of rotatable bonds is 5. The van der Waals surface area contributed by atoms with E-state index in [2.05, 4.69) is 32.7 Å². The molecule has 90 valence electrons. The van der Waals surface area contributed by atoms with Gasteiger partial charge < -0.3 is 10.1 Å². The van der Waals surface area contributed by atoms with Gasteiger partial charge in [-0.05, 0) is 27.8 Å². The Morgan fingerprint density at radius 2 is 1.93 bits per heavy atom. The molecule has 0 aliphatic rings. The van der Waals surface area contributed by atoms with Crippen molar-refractivity contribution in [1.82, 2.24) is 5.32 Å². The van der Waals surface area contributed by atoms with Gasteiger partial charge in [-0.3, -0.25) is 0 Å². The van der Waals surface area contributed by atoms with E-state index >= 15 is 0 Å². The molecule has 0 aromatic rings. The van der Waals surface area contributed by atoms with Gasteiger partial charge in [0, 0.05) is 17.5 Å². The third-order valence-corrected chi connectivity index (χ3v) is 2.96. The van der Waals surface area contributed by atoms with E-state index in [0.717, 1.165) is 0 Å². The summed E-state index contributed by atoms with van der Waals surface area (Å²) < 4.78 is 5.15. The Bertz CT molecular complexity index is 217. The number of carbonyl (C=O) groups is 1. The Balaban J connectivity index is 0. The van der Waals surface area contributed by atoms with Crippen LogP contribution < -0.4 is 5.32 Å². The van der Waals surface area contributed by atoms with Gasteiger partial charge in [0.1, 0.15) is 6.10 Å². The topological polar surface area (TPSA) is 38.3 Å². The van der Waals surface area contributed by atoms with E-state index in [0.29, 0.717) is 0 Å². The summed E-state index contributed by atoms with van der Waals surface area (Å²) in [5.74, 6) is -0.132. The zero-order valence-electron chi connectivity index (χ0n) is 10.2. The number of ether oxygens (including phenoxy) is 1. The standard InChI is InChI=1S/C11H21NO2.ClH/c1-7-10(13)14-9(3)8(2)11(4,5)12-6;/h7-9,12H,1H2,2-6H3;1H. The fraction of sp³-hybridized carbons (Fsp3) is 0.727.